The summed E-state index contributed by atoms with van der Waals surface area (Å²) in [5, 5.41) is 0. The lowest BCUT2D eigenvalue weighted by Crippen LogP contribution is -2.24. The average Bonchev–Trinajstić information content (AvgIpc) is 2.40. The van der Waals surface area contributed by atoms with Crippen molar-refractivity contribution in [2.75, 3.05) is 31.7 Å². The van der Waals surface area contributed by atoms with E-state index in [1.54, 1.807) is 0 Å². The quantitative estimate of drug-likeness (QED) is 0.852. The molecular formula is C14H21BrN2O. The fraction of sp³-hybridized carbons (Fsp3) is 0.643. The van der Waals surface area contributed by atoms with E-state index in [2.05, 4.69) is 45.0 Å². The van der Waals surface area contributed by atoms with Crippen LogP contribution >= 0.6 is 15.9 Å². The summed E-state index contributed by atoms with van der Waals surface area (Å²) in [5.74, 6) is 1.88. The molecule has 0 atom stereocenters. The van der Waals surface area contributed by atoms with Crippen LogP contribution in [0.1, 0.15) is 25.0 Å². The lowest BCUT2D eigenvalue weighted by atomic mass is 9.96. The molecule has 1 fully saturated rings. The van der Waals surface area contributed by atoms with E-state index in [0.717, 1.165) is 41.7 Å². The fourth-order valence-electron chi connectivity index (χ4n) is 2.27. The van der Waals surface area contributed by atoms with Gasteiger partial charge in [0.05, 0.1) is 5.69 Å². The number of hydrogen-bond acceptors (Lipinski definition) is 3. The molecule has 0 aliphatic carbocycles. The zero-order valence-corrected chi connectivity index (χ0v) is 12.7. The summed E-state index contributed by atoms with van der Waals surface area (Å²) in [6, 6.07) is 4.14. The molecule has 0 N–H and O–H groups in total. The minimum atomic E-state index is 0.817. The number of halogens is 1. The third-order valence-electron chi connectivity index (χ3n) is 3.61. The van der Waals surface area contributed by atoms with Gasteiger partial charge in [-0.3, -0.25) is 0 Å². The maximum atomic E-state index is 5.39. The smallest absolute Gasteiger partial charge is 0.128 e. The van der Waals surface area contributed by atoms with Crippen LogP contribution in [0.15, 0.2) is 16.6 Å². The van der Waals surface area contributed by atoms with Gasteiger partial charge in [0.15, 0.2) is 0 Å². The third kappa shape index (κ3) is 3.69. The monoisotopic (exact) mass is 312 g/mol. The highest BCUT2D eigenvalue weighted by Gasteiger charge is 2.14. The first-order chi connectivity index (χ1) is 8.66. The average molecular weight is 313 g/mol. The van der Waals surface area contributed by atoms with Crippen molar-refractivity contribution in [3.05, 3.63) is 22.3 Å². The van der Waals surface area contributed by atoms with Gasteiger partial charge in [-0.25, -0.2) is 4.98 Å². The molecule has 1 aromatic heterocycles. The van der Waals surface area contributed by atoms with E-state index >= 15 is 0 Å². The molecule has 0 radical (unpaired) electrons. The second-order valence-electron chi connectivity index (χ2n) is 5.00. The molecule has 0 saturated carbocycles. The Bertz CT molecular complexity index is 391. The van der Waals surface area contributed by atoms with Crippen LogP contribution in [0.5, 0.6) is 0 Å². The van der Waals surface area contributed by atoms with Crippen LogP contribution in [0.3, 0.4) is 0 Å². The molecule has 4 heteroatoms. The Hall–Kier alpha value is -0.610. The SMILES string of the molecule is Cc1nc(N(C)CCC2CCOCC2)ccc1Br. The predicted molar refractivity (Wildman–Crippen MR) is 78.1 cm³/mol. The summed E-state index contributed by atoms with van der Waals surface area (Å²) in [4.78, 5) is 6.84. The van der Waals surface area contributed by atoms with Gasteiger partial charge in [0.2, 0.25) is 0 Å². The molecule has 1 saturated heterocycles. The Morgan fingerprint density at radius 3 is 2.78 bits per heavy atom. The van der Waals surface area contributed by atoms with Gasteiger partial charge in [-0.15, -0.1) is 0 Å². The lowest BCUT2D eigenvalue weighted by Gasteiger charge is -2.25. The molecule has 0 aromatic carbocycles. The molecule has 1 aliphatic heterocycles. The Kier molecular flexibility index (Phi) is 5.01. The summed E-state index contributed by atoms with van der Waals surface area (Å²) in [7, 11) is 2.12. The highest BCUT2D eigenvalue weighted by molar-refractivity contribution is 9.10. The number of aromatic nitrogens is 1. The summed E-state index contributed by atoms with van der Waals surface area (Å²) in [6.45, 7) is 4.96. The summed E-state index contributed by atoms with van der Waals surface area (Å²) < 4.78 is 6.46. The number of rotatable bonds is 4. The van der Waals surface area contributed by atoms with Crippen molar-refractivity contribution in [3.8, 4) is 0 Å². The van der Waals surface area contributed by atoms with Crippen LogP contribution in [0.4, 0.5) is 5.82 Å². The highest BCUT2D eigenvalue weighted by atomic mass is 79.9. The number of pyridine rings is 1. The minimum absolute atomic E-state index is 0.817. The first-order valence-corrected chi connectivity index (χ1v) is 7.38. The number of ether oxygens (including phenoxy) is 1. The van der Waals surface area contributed by atoms with E-state index in [9.17, 15) is 0 Å². The molecule has 0 unspecified atom stereocenters. The second kappa shape index (κ2) is 6.53. The molecule has 18 heavy (non-hydrogen) atoms. The molecule has 0 bridgehead atoms. The van der Waals surface area contributed by atoms with Crippen molar-refractivity contribution >= 4 is 21.7 Å². The zero-order chi connectivity index (χ0) is 13.0. The van der Waals surface area contributed by atoms with Gasteiger partial charge in [-0.05, 0) is 60.2 Å². The van der Waals surface area contributed by atoms with Crippen LogP contribution in [0.2, 0.25) is 0 Å². The van der Waals surface area contributed by atoms with E-state index in [1.165, 1.54) is 19.3 Å². The molecule has 100 valence electrons. The van der Waals surface area contributed by atoms with Gasteiger partial charge in [-0.1, -0.05) is 0 Å². The van der Waals surface area contributed by atoms with Crippen molar-refractivity contribution in [2.24, 2.45) is 5.92 Å². The normalized spacial score (nSPS) is 16.8. The second-order valence-corrected chi connectivity index (χ2v) is 5.86. The standard InChI is InChI=1S/C14H21BrN2O/c1-11-13(15)3-4-14(16-11)17(2)8-5-12-6-9-18-10-7-12/h3-4,12H,5-10H2,1-2H3. The number of anilines is 1. The Morgan fingerprint density at radius 2 is 2.11 bits per heavy atom. The molecule has 1 aromatic rings. The number of hydrogen-bond donors (Lipinski definition) is 0. The fourth-order valence-corrected chi connectivity index (χ4v) is 2.49. The Labute approximate surface area is 118 Å². The van der Waals surface area contributed by atoms with Crippen molar-refractivity contribution in [1.29, 1.82) is 0 Å². The van der Waals surface area contributed by atoms with Crippen LogP contribution < -0.4 is 4.90 Å². The van der Waals surface area contributed by atoms with Crippen LogP contribution in [-0.2, 0) is 4.74 Å². The number of nitrogens with zero attached hydrogens (tertiary/aromatic N) is 2. The molecule has 2 rings (SSSR count). The molecule has 1 aliphatic rings. The van der Waals surface area contributed by atoms with E-state index in [-0.39, 0.29) is 0 Å². The van der Waals surface area contributed by atoms with Gasteiger partial charge >= 0.3 is 0 Å². The third-order valence-corrected chi connectivity index (χ3v) is 4.45. The van der Waals surface area contributed by atoms with E-state index in [4.69, 9.17) is 4.74 Å². The van der Waals surface area contributed by atoms with Crippen molar-refractivity contribution < 1.29 is 4.74 Å². The zero-order valence-electron chi connectivity index (χ0n) is 11.2. The Morgan fingerprint density at radius 1 is 1.39 bits per heavy atom. The topological polar surface area (TPSA) is 25.4 Å². The molecule has 3 nitrogen and oxygen atoms in total. The van der Waals surface area contributed by atoms with Gasteiger partial charge in [0.1, 0.15) is 5.82 Å². The van der Waals surface area contributed by atoms with Crippen LogP contribution in [-0.4, -0.2) is 31.8 Å². The maximum Gasteiger partial charge on any atom is 0.128 e. The molecular weight excluding hydrogens is 292 g/mol. The highest BCUT2D eigenvalue weighted by Crippen LogP contribution is 2.21. The summed E-state index contributed by atoms with van der Waals surface area (Å²) in [6.07, 6.45) is 3.65. The van der Waals surface area contributed by atoms with Gasteiger partial charge < -0.3 is 9.64 Å². The molecule has 0 amide bonds. The maximum absolute atomic E-state index is 5.39. The van der Waals surface area contributed by atoms with E-state index in [0.29, 0.717) is 0 Å². The van der Waals surface area contributed by atoms with Crippen LogP contribution in [0.25, 0.3) is 0 Å². The van der Waals surface area contributed by atoms with Crippen molar-refractivity contribution in [1.82, 2.24) is 4.98 Å². The molecule has 2 heterocycles. The van der Waals surface area contributed by atoms with Crippen LogP contribution in [0, 0.1) is 12.8 Å². The largest absolute Gasteiger partial charge is 0.381 e. The Balaban J connectivity index is 1.86. The first-order valence-electron chi connectivity index (χ1n) is 6.59. The first kappa shape index (κ1) is 13.8. The van der Waals surface area contributed by atoms with Crippen molar-refractivity contribution in [3.63, 3.8) is 0 Å². The lowest BCUT2D eigenvalue weighted by molar-refractivity contribution is 0.0645. The number of aryl methyl sites for hydroxylation is 1. The van der Waals surface area contributed by atoms with Gasteiger partial charge in [-0.2, -0.15) is 0 Å². The van der Waals surface area contributed by atoms with Crippen molar-refractivity contribution in [2.45, 2.75) is 26.2 Å². The van der Waals surface area contributed by atoms with Gasteiger partial charge in [0.25, 0.3) is 0 Å². The van der Waals surface area contributed by atoms with E-state index in [1.807, 2.05) is 6.92 Å². The molecule has 0 spiro atoms. The summed E-state index contributed by atoms with van der Waals surface area (Å²) >= 11 is 3.49. The minimum Gasteiger partial charge on any atom is -0.381 e. The summed E-state index contributed by atoms with van der Waals surface area (Å²) in [5.41, 5.74) is 1.05. The van der Waals surface area contributed by atoms with Gasteiger partial charge in [0, 0.05) is 31.3 Å². The predicted octanol–water partition coefficient (Wildman–Crippen LogP) is 3.41. The van der Waals surface area contributed by atoms with E-state index < -0.39 is 0 Å².